The van der Waals surface area contributed by atoms with Gasteiger partial charge in [0.1, 0.15) is 18.0 Å². The zero-order chi connectivity index (χ0) is 10.5. The van der Waals surface area contributed by atoms with E-state index in [-0.39, 0.29) is 0 Å². The topological polar surface area (TPSA) is 158 Å². The molecule has 0 spiro atoms. The summed E-state index contributed by atoms with van der Waals surface area (Å²) in [6.45, 7) is 0. The molecule has 0 bridgehead atoms. The predicted molar refractivity (Wildman–Crippen MR) is 41.3 cm³/mol. The van der Waals surface area contributed by atoms with Crippen molar-refractivity contribution in [3.8, 4) is 0 Å². The molecule has 0 unspecified atom stereocenters. The Balaban J connectivity index is 0.000000252. The molecule has 1 heterocycles. The van der Waals surface area contributed by atoms with Gasteiger partial charge in [-0.25, -0.2) is 9.97 Å². The normalized spacial score (nSPS) is 10.0. The van der Waals surface area contributed by atoms with E-state index in [1.165, 1.54) is 12.4 Å². The lowest BCUT2D eigenvalue weighted by atomic mass is 10.5. The van der Waals surface area contributed by atoms with Crippen LogP contribution in [0.15, 0.2) is 12.4 Å². The van der Waals surface area contributed by atoms with Crippen molar-refractivity contribution in [1.82, 2.24) is 9.97 Å². The van der Waals surface area contributed by atoms with Crippen molar-refractivity contribution in [2.24, 2.45) is 0 Å². The molecular formula is C4H6N4O4S-2. The third-order valence-corrected chi connectivity index (χ3v) is 0.709. The summed E-state index contributed by atoms with van der Waals surface area (Å²) in [6.07, 6.45) is 1.32. The van der Waals surface area contributed by atoms with Crippen LogP contribution in [0, 0.1) is 0 Å². The largest absolute Gasteiger partial charge is 0.759 e. The molecule has 1 aromatic heterocycles. The van der Waals surface area contributed by atoms with Crippen LogP contribution in [-0.4, -0.2) is 27.5 Å². The molecule has 4 N–H and O–H groups in total. The molecule has 0 aliphatic heterocycles. The Morgan fingerprint density at radius 3 is 1.62 bits per heavy atom. The molecular weight excluding hydrogens is 200 g/mol. The molecule has 74 valence electrons. The maximum atomic E-state index is 8.52. The van der Waals surface area contributed by atoms with Gasteiger partial charge < -0.3 is 20.6 Å². The second-order valence-electron chi connectivity index (χ2n) is 1.78. The zero-order valence-corrected chi connectivity index (χ0v) is 7.06. The lowest BCUT2D eigenvalue weighted by Gasteiger charge is -2.06. The molecule has 1 rings (SSSR count). The number of nitrogens with zero attached hydrogens (tertiary/aromatic N) is 2. The van der Waals surface area contributed by atoms with E-state index in [1.807, 2.05) is 0 Å². The van der Waals surface area contributed by atoms with Gasteiger partial charge >= 0.3 is 0 Å². The first kappa shape index (κ1) is 11.6. The van der Waals surface area contributed by atoms with Crippen LogP contribution < -0.4 is 11.5 Å². The van der Waals surface area contributed by atoms with Crippen molar-refractivity contribution < 1.29 is 17.5 Å². The maximum absolute atomic E-state index is 8.52. The average molecular weight is 206 g/mol. The number of rotatable bonds is 0. The van der Waals surface area contributed by atoms with Crippen LogP contribution in [0.1, 0.15) is 0 Å². The van der Waals surface area contributed by atoms with Crippen molar-refractivity contribution in [2.75, 3.05) is 11.5 Å². The Bertz CT molecular complexity index is 339. The molecule has 1 aromatic rings. The third-order valence-electron chi connectivity index (χ3n) is 0.709. The van der Waals surface area contributed by atoms with Gasteiger partial charge in [0.2, 0.25) is 0 Å². The molecule has 0 radical (unpaired) electrons. The standard InChI is InChI=1S/C4H6N4.H2O4S/c5-3-1-4(6)8-2-7-3;1-5(2,3)4/h1-2H,(H4,5,6,7,8);(H2,1,2,3,4)/p-2. The van der Waals surface area contributed by atoms with E-state index in [2.05, 4.69) is 9.97 Å². The van der Waals surface area contributed by atoms with Crippen LogP contribution in [-0.2, 0) is 10.4 Å². The fourth-order valence-corrected chi connectivity index (χ4v) is 0.388. The van der Waals surface area contributed by atoms with Crippen LogP contribution in [0.25, 0.3) is 0 Å². The Hall–Kier alpha value is -1.45. The molecule has 8 nitrogen and oxygen atoms in total. The third kappa shape index (κ3) is 10.6. The summed E-state index contributed by atoms with van der Waals surface area (Å²) in [5.74, 6) is 0.801. The van der Waals surface area contributed by atoms with Gasteiger partial charge in [0.25, 0.3) is 0 Å². The summed E-state index contributed by atoms with van der Waals surface area (Å²) in [5, 5.41) is 0. The number of hydrogen-bond acceptors (Lipinski definition) is 8. The molecule has 0 saturated carbocycles. The van der Waals surface area contributed by atoms with Gasteiger partial charge in [-0.1, -0.05) is 0 Å². The minimum atomic E-state index is -5.17. The van der Waals surface area contributed by atoms with Crippen molar-refractivity contribution in [3.05, 3.63) is 12.4 Å². The Morgan fingerprint density at radius 2 is 1.46 bits per heavy atom. The van der Waals surface area contributed by atoms with E-state index in [1.54, 1.807) is 0 Å². The van der Waals surface area contributed by atoms with Crippen LogP contribution in [0.4, 0.5) is 11.6 Å². The summed E-state index contributed by atoms with van der Waals surface area (Å²) in [4.78, 5) is 7.25. The molecule has 0 saturated heterocycles. The lowest BCUT2D eigenvalue weighted by molar-refractivity contribution is 0.352. The van der Waals surface area contributed by atoms with Gasteiger partial charge in [0, 0.05) is 16.5 Å². The second kappa shape index (κ2) is 4.54. The molecule has 0 aromatic carbocycles. The van der Waals surface area contributed by atoms with Gasteiger partial charge in [0.05, 0.1) is 0 Å². The first-order chi connectivity index (χ1) is 5.79. The summed E-state index contributed by atoms with van der Waals surface area (Å²) in [7, 11) is -5.17. The molecule has 0 amide bonds. The van der Waals surface area contributed by atoms with Gasteiger partial charge in [-0.2, -0.15) is 0 Å². The lowest BCUT2D eigenvalue weighted by Crippen LogP contribution is -1.94. The molecule has 0 fully saturated rings. The van der Waals surface area contributed by atoms with E-state index in [9.17, 15) is 0 Å². The fraction of sp³-hybridized carbons (Fsp3) is 0. The van der Waals surface area contributed by atoms with E-state index < -0.39 is 10.4 Å². The van der Waals surface area contributed by atoms with Gasteiger partial charge in [-0.05, 0) is 0 Å². The highest BCUT2D eigenvalue weighted by molar-refractivity contribution is 7.79. The number of nitrogens with two attached hydrogens (primary N) is 2. The Kier molecular flexibility index (Phi) is 4.04. The quantitative estimate of drug-likeness (QED) is 0.375. The van der Waals surface area contributed by atoms with Crippen LogP contribution in [0.3, 0.4) is 0 Å². The van der Waals surface area contributed by atoms with Crippen molar-refractivity contribution in [2.45, 2.75) is 0 Å². The minimum absolute atomic E-state index is 0.400. The van der Waals surface area contributed by atoms with Gasteiger partial charge in [-0.15, -0.1) is 0 Å². The average Bonchev–Trinajstić information content (AvgIpc) is 1.81. The number of nitrogen functional groups attached to an aromatic ring is 2. The highest BCUT2D eigenvalue weighted by Crippen LogP contribution is 1.97. The smallest absolute Gasteiger partial charge is 0.128 e. The Morgan fingerprint density at radius 1 is 1.15 bits per heavy atom. The van der Waals surface area contributed by atoms with Crippen LogP contribution in [0.2, 0.25) is 0 Å². The summed E-state index contributed by atoms with van der Waals surface area (Å²) >= 11 is 0. The monoisotopic (exact) mass is 206 g/mol. The number of aromatic nitrogens is 2. The molecule has 0 aliphatic carbocycles. The highest BCUT2D eigenvalue weighted by Gasteiger charge is 1.84. The predicted octanol–water partition coefficient (Wildman–Crippen LogP) is -1.70. The minimum Gasteiger partial charge on any atom is -0.759 e. The van der Waals surface area contributed by atoms with Crippen LogP contribution in [0.5, 0.6) is 0 Å². The highest BCUT2D eigenvalue weighted by atomic mass is 32.3. The van der Waals surface area contributed by atoms with Crippen molar-refractivity contribution >= 4 is 22.0 Å². The molecule has 0 aliphatic rings. The van der Waals surface area contributed by atoms with Crippen molar-refractivity contribution in [3.63, 3.8) is 0 Å². The van der Waals surface area contributed by atoms with E-state index >= 15 is 0 Å². The first-order valence-corrected chi connectivity index (χ1v) is 4.12. The SMILES string of the molecule is Nc1cc(N)ncn1.O=S(=O)([O-])[O-]. The Labute approximate surface area is 74.2 Å². The van der Waals surface area contributed by atoms with Crippen molar-refractivity contribution in [1.29, 1.82) is 0 Å². The zero-order valence-electron chi connectivity index (χ0n) is 6.25. The maximum Gasteiger partial charge on any atom is 0.128 e. The molecule has 13 heavy (non-hydrogen) atoms. The fourth-order valence-electron chi connectivity index (χ4n) is 0.388. The number of anilines is 2. The van der Waals surface area contributed by atoms with Gasteiger partial charge in [0.15, 0.2) is 0 Å². The first-order valence-electron chi connectivity index (χ1n) is 2.78. The van der Waals surface area contributed by atoms with Gasteiger partial charge in [-0.3, -0.25) is 8.42 Å². The van der Waals surface area contributed by atoms with E-state index in [0.29, 0.717) is 11.6 Å². The molecule has 0 atom stereocenters. The van der Waals surface area contributed by atoms with Crippen LogP contribution >= 0.6 is 0 Å². The van der Waals surface area contributed by atoms with E-state index in [4.69, 9.17) is 29.0 Å². The second-order valence-corrected chi connectivity index (χ2v) is 2.59. The molecule has 9 heteroatoms. The summed E-state index contributed by atoms with van der Waals surface area (Å²) in [6, 6.07) is 1.50. The summed E-state index contributed by atoms with van der Waals surface area (Å²) in [5.41, 5.74) is 10.5. The number of hydrogen-bond donors (Lipinski definition) is 2. The summed E-state index contributed by atoms with van der Waals surface area (Å²) < 4.78 is 34.1. The van der Waals surface area contributed by atoms with E-state index in [0.717, 1.165) is 0 Å².